The van der Waals surface area contributed by atoms with Crippen molar-refractivity contribution in [2.45, 2.75) is 32.1 Å². The second-order valence-electron chi connectivity index (χ2n) is 7.57. The Balaban J connectivity index is 1.31. The number of carbonyl (C=O) groups is 1. The maximum Gasteiger partial charge on any atom is 0.233 e. The average molecular weight is 476 g/mol. The van der Waals surface area contributed by atoms with Gasteiger partial charge >= 0.3 is 0 Å². The van der Waals surface area contributed by atoms with E-state index in [2.05, 4.69) is 51.7 Å². The summed E-state index contributed by atoms with van der Waals surface area (Å²) in [5.74, 6) is 1.39. The van der Waals surface area contributed by atoms with Gasteiger partial charge in [-0.25, -0.2) is 0 Å². The van der Waals surface area contributed by atoms with E-state index in [9.17, 15) is 4.79 Å². The summed E-state index contributed by atoms with van der Waals surface area (Å²) in [6.45, 7) is 9.09. The van der Waals surface area contributed by atoms with Crippen LogP contribution in [0.1, 0.15) is 17.4 Å². The zero-order valence-corrected chi connectivity index (χ0v) is 20.1. The van der Waals surface area contributed by atoms with Crippen LogP contribution in [0.3, 0.4) is 0 Å². The smallest absolute Gasteiger partial charge is 0.233 e. The second-order valence-corrected chi connectivity index (χ2v) is 10.3. The number of piperazine rings is 1. The van der Waals surface area contributed by atoms with Crippen LogP contribution in [0.2, 0.25) is 4.34 Å². The number of aryl methyl sites for hydroxylation is 1. The first-order valence-corrected chi connectivity index (χ1v) is 12.6. The third-order valence-electron chi connectivity index (χ3n) is 5.37. The summed E-state index contributed by atoms with van der Waals surface area (Å²) >= 11 is 9.12. The maximum absolute atomic E-state index is 12.8. The van der Waals surface area contributed by atoms with E-state index in [1.807, 2.05) is 23.1 Å². The Morgan fingerprint density at radius 2 is 1.97 bits per heavy atom. The van der Waals surface area contributed by atoms with E-state index < -0.39 is 0 Å². The van der Waals surface area contributed by atoms with Crippen LogP contribution in [-0.2, 0) is 17.9 Å². The number of amides is 1. The second kappa shape index (κ2) is 10.2. The molecule has 0 spiro atoms. The van der Waals surface area contributed by atoms with Crippen LogP contribution in [0, 0.1) is 6.92 Å². The van der Waals surface area contributed by atoms with Gasteiger partial charge in [0.05, 0.1) is 10.1 Å². The molecule has 6 nitrogen and oxygen atoms in total. The highest BCUT2D eigenvalue weighted by Crippen LogP contribution is 2.25. The number of thiophene rings is 1. The zero-order chi connectivity index (χ0) is 21.8. The molecule has 0 radical (unpaired) electrons. The van der Waals surface area contributed by atoms with Gasteiger partial charge in [-0.3, -0.25) is 9.69 Å². The van der Waals surface area contributed by atoms with Crippen LogP contribution in [-0.4, -0.2) is 62.4 Å². The molecular formula is C22H26ClN5OS2. The van der Waals surface area contributed by atoms with Crippen molar-refractivity contribution in [3.8, 4) is 11.4 Å². The minimum atomic E-state index is 0.159. The fraction of sp³-hybridized carbons (Fsp3) is 0.409. The van der Waals surface area contributed by atoms with Crippen LogP contribution < -0.4 is 0 Å². The lowest BCUT2D eigenvalue weighted by Gasteiger charge is -2.34. The van der Waals surface area contributed by atoms with Gasteiger partial charge in [0.1, 0.15) is 0 Å². The van der Waals surface area contributed by atoms with E-state index in [0.717, 1.165) is 60.1 Å². The lowest BCUT2D eigenvalue weighted by Crippen LogP contribution is -2.48. The van der Waals surface area contributed by atoms with Gasteiger partial charge in [0.25, 0.3) is 0 Å². The molecule has 1 saturated heterocycles. The molecule has 1 aromatic carbocycles. The van der Waals surface area contributed by atoms with Crippen LogP contribution in [0.4, 0.5) is 0 Å². The number of rotatable bonds is 7. The Bertz CT molecular complexity index is 1040. The topological polar surface area (TPSA) is 54.3 Å². The molecular weight excluding hydrogens is 450 g/mol. The molecule has 0 aliphatic carbocycles. The molecule has 0 N–H and O–H groups in total. The molecule has 2 aromatic heterocycles. The van der Waals surface area contributed by atoms with Crippen LogP contribution in [0.25, 0.3) is 11.4 Å². The molecule has 4 rings (SSSR count). The van der Waals surface area contributed by atoms with E-state index in [4.69, 9.17) is 11.6 Å². The minimum absolute atomic E-state index is 0.159. The van der Waals surface area contributed by atoms with Gasteiger partial charge in [-0.05, 0) is 32.0 Å². The van der Waals surface area contributed by atoms with Gasteiger partial charge in [0.15, 0.2) is 11.0 Å². The molecule has 164 valence electrons. The Labute approximate surface area is 196 Å². The summed E-state index contributed by atoms with van der Waals surface area (Å²) in [5, 5.41) is 9.54. The summed E-state index contributed by atoms with van der Waals surface area (Å²) in [7, 11) is 0. The number of thioether (sulfide) groups is 1. The molecule has 1 amide bonds. The largest absolute Gasteiger partial charge is 0.339 e. The number of nitrogens with zero attached hydrogens (tertiary/aromatic N) is 5. The number of benzene rings is 1. The molecule has 0 unspecified atom stereocenters. The van der Waals surface area contributed by atoms with Crippen molar-refractivity contribution < 1.29 is 4.79 Å². The fourth-order valence-corrected chi connectivity index (χ4v) is 5.74. The van der Waals surface area contributed by atoms with Gasteiger partial charge in [-0.2, -0.15) is 0 Å². The van der Waals surface area contributed by atoms with Crippen molar-refractivity contribution in [3.63, 3.8) is 0 Å². The zero-order valence-electron chi connectivity index (χ0n) is 17.8. The molecule has 31 heavy (non-hydrogen) atoms. The van der Waals surface area contributed by atoms with Crippen molar-refractivity contribution in [1.82, 2.24) is 24.6 Å². The van der Waals surface area contributed by atoms with Crippen LogP contribution >= 0.6 is 34.7 Å². The summed E-state index contributed by atoms with van der Waals surface area (Å²) in [5.41, 5.74) is 2.24. The third kappa shape index (κ3) is 5.49. The summed E-state index contributed by atoms with van der Waals surface area (Å²) in [6, 6.07) is 12.3. The molecule has 3 aromatic rings. The minimum Gasteiger partial charge on any atom is -0.339 e. The molecule has 9 heteroatoms. The number of carbonyl (C=O) groups excluding carboxylic acids is 1. The molecule has 1 aliphatic rings. The van der Waals surface area contributed by atoms with Crippen molar-refractivity contribution in [1.29, 1.82) is 0 Å². The SMILES string of the molecule is CCn1c(SCC(=O)N2CCN(Cc3ccc(Cl)s3)CC2)nnc1-c1cccc(C)c1. The Kier molecular flexibility index (Phi) is 7.32. The van der Waals surface area contributed by atoms with Crippen molar-refractivity contribution >= 4 is 40.6 Å². The van der Waals surface area contributed by atoms with Gasteiger partial charge in [0.2, 0.25) is 5.91 Å². The van der Waals surface area contributed by atoms with E-state index in [1.54, 1.807) is 11.3 Å². The van der Waals surface area contributed by atoms with Gasteiger partial charge in [-0.1, -0.05) is 47.1 Å². The monoisotopic (exact) mass is 475 g/mol. The average Bonchev–Trinajstić information content (AvgIpc) is 3.38. The van der Waals surface area contributed by atoms with Crippen LogP contribution in [0.5, 0.6) is 0 Å². The summed E-state index contributed by atoms with van der Waals surface area (Å²) in [6.07, 6.45) is 0. The lowest BCUT2D eigenvalue weighted by atomic mass is 10.1. The van der Waals surface area contributed by atoms with E-state index >= 15 is 0 Å². The van der Waals surface area contributed by atoms with Crippen molar-refractivity contribution in [3.05, 3.63) is 51.2 Å². The standard InChI is InChI=1S/C22H26ClN5OS2/c1-3-28-21(17-6-4-5-16(2)13-17)24-25-22(28)30-15-20(29)27-11-9-26(10-12-27)14-18-7-8-19(23)31-18/h4-8,13H,3,9-12,14-15H2,1-2H3. The maximum atomic E-state index is 12.8. The molecule has 0 atom stereocenters. The quantitative estimate of drug-likeness (QED) is 0.473. The van der Waals surface area contributed by atoms with Crippen molar-refractivity contribution in [2.24, 2.45) is 0 Å². The van der Waals surface area contributed by atoms with Gasteiger partial charge < -0.3 is 9.47 Å². The Morgan fingerprint density at radius 1 is 1.16 bits per heavy atom. The molecule has 1 fully saturated rings. The predicted molar refractivity (Wildman–Crippen MR) is 128 cm³/mol. The molecule has 0 saturated carbocycles. The highest BCUT2D eigenvalue weighted by molar-refractivity contribution is 7.99. The van der Waals surface area contributed by atoms with E-state index in [-0.39, 0.29) is 5.91 Å². The third-order valence-corrected chi connectivity index (χ3v) is 7.53. The van der Waals surface area contributed by atoms with E-state index in [0.29, 0.717) is 5.75 Å². The first kappa shape index (κ1) is 22.3. The molecule has 1 aliphatic heterocycles. The first-order valence-electron chi connectivity index (χ1n) is 10.4. The van der Waals surface area contributed by atoms with Crippen molar-refractivity contribution in [2.75, 3.05) is 31.9 Å². The highest BCUT2D eigenvalue weighted by Gasteiger charge is 2.22. The normalized spacial score (nSPS) is 14.9. The Hall–Kier alpha value is -1.87. The van der Waals surface area contributed by atoms with E-state index in [1.165, 1.54) is 22.2 Å². The molecule has 0 bridgehead atoms. The summed E-state index contributed by atoms with van der Waals surface area (Å²) in [4.78, 5) is 18.4. The molecule has 3 heterocycles. The fourth-order valence-electron chi connectivity index (χ4n) is 3.71. The predicted octanol–water partition coefficient (Wildman–Crippen LogP) is 4.42. The van der Waals surface area contributed by atoms with Crippen LogP contribution in [0.15, 0.2) is 41.6 Å². The van der Waals surface area contributed by atoms with Gasteiger partial charge in [-0.15, -0.1) is 21.5 Å². The van der Waals surface area contributed by atoms with Gasteiger partial charge in [0, 0.05) is 49.7 Å². The number of hydrogen-bond donors (Lipinski definition) is 0. The summed E-state index contributed by atoms with van der Waals surface area (Å²) < 4.78 is 2.91. The number of aromatic nitrogens is 3. The first-order chi connectivity index (χ1) is 15.0. The number of hydrogen-bond acceptors (Lipinski definition) is 6. The highest BCUT2D eigenvalue weighted by atomic mass is 35.5. The Morgan fingerprint density at radius 3 is 2.65 bits per heavy atom. The number of halogens is 1. The lowest BCUT2D eigenvalue weighted by molar-refractivity contribution is -0.130.